The van der Waals surface area contributed by atoms with Crippen molar-refractivity contribution in [3.63, 3.8) is 0 Å². The van der Waals surface area contributed by atoms with E-state index in [1.54, 1.807) is 0 Å². The van der Waals surface area contributed by atoms with E-state index in [4.69, 9.17) is 4.42 Å². The molecule has 0 atom stereocenters. The molecule has 0 saturated heterocycles. The van der Waals surface area contributed by atoms with Crippen molar-refractivity contribution >= 4 is 71.6 Å². The Hall–Kier alpha value is -6.58. The van der Waals surface area contributed by atoms with E-state index in [1.165, 1.54) is 43.7 Å². The quantitative estimate of drug-likeness (QED) is 0.190. The number of hydrogen-bond acceptors (Lipinski definition) is 2. The van der Waals surface area contributed by atoms with Gasteiger partial charge in [0.25, 0.3) is 0 Å². The van der Waals surface area contributed by atoms with Crippen molar-refractivity contribution in [1.29, 1.82) is 0 Å². The number of nitrogens with zero attached hydrogens (tertiary/aromatic N) is 2. The summed E-state index contributed by atoms with van der Waals surface area (Å²) >= 11 is 0. The van der Waals surface area contributed by atoms with Crippen LogP contribution in [0.5, 0.6) is 0 Å². The summed E-state index contributed by atoms with van der Waals surface area (Å²) < 4.78 is 8.95. The minimum Gasteiger partial charge on any atom is -0.456 e. The average Bonchev–Trinajstić information content (AvgIpc) is 3.69. The molecule has 230 valence electrons. The number of furan rings is 1. The van der Waals surface area contributed by atoms with Gasteiger partial charge in [0.15, 0.2) is 0 Å². The molecular weight excluding hydrogens is 597 g/mol. The lowest BCUT2D eigenvalue weighted by atomic mass is 10.0. The first-order chi connectivity index (χ1) is 24.3. The molecule has 3 nitrogen and oxygen atoms in total. The molecule has 0 N–H and O–H groups in total. The summed E-state index contributed by atoms with van der Waals surface area (Å²) in [7, 11) is 0. The lowest BCUT2D eigenvalue weighted by molar-refractivity contribution is 0.669. The molecule has 0 aliphatic carbocycles. The third-order valence-electron chi connectivity index (χ3n) is 9.74. The van der Waals surface area contributed by atoms with Gasteiger partial charge in [-0.2, -0.15) is 0 Å². The van der Waals surface area contributed by atoms with Crippen LogP contribution in [-0.4, -0.2) is 4.57 Å². The van der Waals surface area contributed by atoms with Crippen LogP contribution in [0, 0.1) is 0 Å². The number of rotatable bonds is 5. The van der Waals surface area contributed by atoms with Gasteiger partial charge in [-0.3, -0.25) is 0 Å². The van der Waals surface area contributed by atoms with Gasteiger partial charge in [-0.25, -0.2) is 0 Å². The third kappa shape index (κ3) is 4.51. The van der Waals surface area contributed by atoms with E-state index in [2.05, 4.69) is 191 Å². The van der Waals surface area contributed by atoms with Gasteiger partial charge in [-0.15, -0.1) is 0 Å². The van der Waals surface area contributed by atoms with Crippen molar-refractivity contribution in [3.05, 3.63) is 182 Å². The normalized spacial score (nSPS) is 11.7. The van der Waals surface area contributed by atoms with E-state index in [1.807, 2.05) is 0 Å². The largest absolute Gasteiger partial charge is 0.456 e. The molecule has 0 amide bonds. The molecule has 0 radical (unpaired) electrons. The zero-order valence-electron chi connectivity index (χ0n) is 26.6. The maximum absolute atomic E-state index is 6.56. The predicted octanol–water partition coefficient (Wildman–Crippen LogP) is 13.0. The Morgan fingerprint density at radius 1 is 0.367 bits per heavy atom. The van der Waals surface area contributed by atoms with E-state index < -0.39 is 0 Å². The Kier molecular flexibility index (Phi) is 6.18. The number of fused-ring (bicyclic) bond motifs is 7. The molecule has 2 heterocycles. The van der Waals surface area contributed by atoms with E-state index in [0.717, 1.165) is 44.7 Å². The lowest BCUT2D eigenvalue weighted by Crippen LogP contribution is -2.09. The van der Waals surface area contributed by atoms with Gasteiger partial charge in [0, 0.05) is 50.4 Å². The fraction of sp³-hybridized carbons (Fsp3) is 0. The summed E-state index contributed by atoms with van der Waals surface area (Å²) in [5.74, 6) is 0. The van der Waals surface area contributed by atoms with Gasteiger partial charge in [0.05, 0.1) is 11.0 Å². The van der Waals surface area contributed by atoms with Crippen molar-refractivity contribution in [3.8, 4) is 16.8 Å². The third-order valence-corrected chi connectivity index (χ3v) is 9.74. The monoisotopic (exact) mass is 626 g/mol. The van der Waals surface area contributed by atoms with E-state index in [9.17, 15) is 0 Å². The minimum atomic E-state index is 0.861. The van der Waals surface area contributed by atoms with Crippen LogP contribution in [0.2, 0.25) is 0 Å². The van der Waals surface area contributed by atoms with Gasteiger partial charge in [0.2, 0.25) is 0 Å². The summed E-state index contributed by atoms with van der Waals surface area (Å²) in [6.45, 7) is 0. The SMILES string of the molecule is c1ccc(-c2ccc(N(c3ccccc3)c3ccc4c(c3)oc3ccc(-n5c6ccccc6c6cc7ccccc7cc65)cc34)cc2)cc1. The van der Waals surface area contributed by atoms with E-state index >= 15 is 0 Å². The highest BCUT2D eigenvalue weighted by molar-refractivity contribution is 6.14. The Balaban J connectivity index is 1.11. The molecule has 3 heteroatoms. The number of benzene rings is 8. The van der Waals surface area contributed by atoms with Gasteiger partial charge in [-0.1, -0.05) is 103 Å². The van der Waals surface area contributed by atoms with Crippen molar-refractivity contribution in [1.82, 2.24) is 4.57 Å². The van der Waals surface area contributed by atoms with Gasteiger partial charge < -0.3 is 13.9 Å². The molecule has 0 aliphatic heterocycles. The Morgan fingerprint density at radius 2 is 1.02 bits per heavy atom. The van der Waals surface area contributed by atoms with Crippen LogP contribution in [-0.2, 0) is 0 Å². The second-order valence-corrected chi connectivity index (χ2v) is 12.6. The predicted molar refractivity (Wildman–Crippen MR) is 206 cm³/mol. The average molecular weight is 627 g/mol. The summed E-state index contributed by atoms with van der Waals surface area (Å²) in [6, 6.07) is 64.9. The molecule has 0 saturated carbocycles. The Labute approximate surface area is 283 Å². The van der Waals surface area contributed by atoms with Crippen molar-refractivity contribution in [2.75, 3.05) is 4.90 Å². The molecule has 0 aliphatic rings. The fourth-order valence-corrected chi connectivity index (χ4v) is 7.42. The summed E-state index contributed by atoms with van der Waals surface area (Å²) in [5.41, 5.74) is 10.9. The van der Waals surface area contributed by atoms with E-state index in [0.29, 0.717) is 0 Å². The highest BCUT2D eigenvalue weighted by Gasteiger charge is 2.18. The van der Waals surface area contributed by atoms with Crippen LogP contribution in [0.3, 0.4) is 0 Å². The maximum Gasteiger partial charge on any atom is 0.137 e. The summed E-state index contributed by atoms with van der Waals surface area (Å²) in [6.07, 6.45) is 0. The number of hydrogen-bond donors (Lipinski definition) is 0. The molecule has 0 unspecified atom stereocenters. The standard InChI is InChI=1S/C46H30N2O/c1-3-11-31(12-4-1)32-19-21-36(22-20-32)47(35-15-5-2-6-16-35)38-23-25-40-42-29-37(24-26-45(42)49-46(40)30-38)48-43-18-10-9-17-39(43)41-27-33-13-7-8-14-34(33)28-44(41)48/h1-30H. The molecule has 0 fully saturated rings. The molecule has 2 aromatic heterocycles. The zero-order chi connectivity index (χ0) is 32.3. The topological polar surface area (TPSA) is 21.3 Å². The Morgan fingerprint density at radius 3 is 1.84 bits per heavy atom. The zero-order valence-corrected chi connectivity index (χ0v) is 26.6. The summed E-state index contributed by atoms with van der Waals surface area (Å²) in [4.78, 5) is 2.29. The molecule has 0 spiro atoms. The second-order valence-electron chi connectivity index (χ2n) is 12.6. The molecular formula is C46H30N2O. The molecule has 10 rings (SSSR count). The van der Waals surface area contributed by atoms with Gasteiger partial charge >= 0.3 is 0 Å². The van der Waals surface area contributed by atoms with Crippen LogP contribution in [0.15, 0.2) is 186 Å². The van der Waals surface area contributed by atoms with Crippen molar-refractivity contribution < 1.29 is 4.42 Å². The highest BCUT2D eigenvalue weighted by atomic mass is 16.3. The van der Waals surface area contributed by atoms with Crippen LogP contribution in [0.1, 0.15) is 0 Å². The first kappa shape index (κ1) is 27.5. The molecule has 0 bridgehead atoms. The number of aromatic nitrogens is 1. The van der Waals surface area contributed by atoms with Crippen LogP contribution >= 0.6 is 0 Å². The maximum atomic E-state index is 6.56. The summed E-state index contributed by atoms with van der Waals surface area (Å²) in [5, 5.41) is 7.20. The minimum absolute atomic E-state index is 0.861. The molecule has 49 heavy (non-hydrogen) atoms. The van der Waals surface area contributed by atoms with E-state index in [-0.39, 0.29) is 0 Å². The Bertz CT molecular complexity index is 2810. The first-order valence-electron chi connectivity index (χ1n) is 16.7. The number of para-hydroxylation sites is 2. The number of anilines is 3. The lowest BCUT2D eigenvalue weighted by Gasteiger charge is -2.25. The van der Waals surface area contributed by atoms with Crippen LogP contribution in [0.4, 0.5) is 17.1 Å². The smallest absolute Gasteiger partial charge is 0.137 e. The second kappa shape index (κ2) is 11.0. The van der Waals surface area contributed by atoms with Crippen LogP contribution in [0.25, 0.3) is 71.3 Å². The van der Waals surface area contributed by atoms with Gasteiger partial charge in [-0.05, 0) is 94.7 Å². The van der Waals surface area contributed by atoms with Crippen LogP contribution < -0.4 is 4.90 Å². The van der Waals surface area contributed by atoms with Gasteiger partial charge in [0.1, 0.15) is 11.2 Å². The first-order valence-corrected chi connectivity index (χ1v) is 16.7. The highest BCUT2D eigenvalue weighted by Crippen LogP contribution is 2.41. The molecule has 10 aromatic rings. The fourth-order valence-electron chi connectivity index (χ4n) is 7.42. The molecule has 8 aromatic carbocycles. The van der Waals surface area contributed by atoms with Crippen molar-refractivity contribution in [2.24, 2.45) is 0 Å². The van der Waals surface area contributed by atoms with Crippen molar-refractivity contribution in [2.45, 2.75) is 0 Å².